The fraction of sp³-hybridized carbons (Fsp3) is 0.462. The van der Waals surface area contributed by atoms with Crippen LogP contribution in [-0.4, -0.2) is 31.2 Å². The minimum absolute atomic E-state index is 0.0395. The number of carbonyl (C=O) groups excluding carboxylic acids is 1. The monoisotopic (exact) mass is 350 g/mol. The van der Waals surface area contributed by atoms with Crippen LogP contribution in [0.4, 0.5) is 0 Å². The Bertz CT molecular complexity index is 678. The van der Waals surface area contributed by atoms with Gasteiger partial charge in [0.05, 0.1) is 5.02 Å². The van der Waals surface area contributed by atoms with Crippen LogP contribution in [0.25, 0.3) is 0 Å². The van der Waals surface area contributed by atoms with Gasteiger partial charge in [0.25, 0.3) is 0 Å². The van der Waals surface area contributed by atoms with Gasteiger partial charge in [-0.25, -0.2) is 8.42 Å². The molecule has 0 aliphatic carbocycles. The van der Waals surface area contributed by atoms with Crippen molar-refractivity contribution in [3.63, 3.8) is 0 Å². The third kappa shape index (κ3) is 2.77. The van der Waals surface area contributed by atoms with Gasteiger partial charge < -0.3 is 5.73 Å². The summed E-state index contributed by atoms with van der Waals surface area (Å²) in [6, 6.07) is 0.790. The Morgan fingerprint density at radius 2 is 2.00 bits per heavy atom. The number of carbonyl (C=O) groups is 1. The van der Waals surface area contributed by atoms with E-state index in [-0.39, 0.29) is 16.5 Å². The van der Waals surface area contributed by atoms with Crippen molar-refractivity contribution in [3.05, 3.63) is 27.2 Å². The molecule has 2 N–H and O–H groups in total. The molecule has 8 heteroatoms. The molecule has 1 aromatic carbocycles. The number of hydrogen-bond donors (Lipinski definition) is 1. The van der Waals surface area contributed by atoms with E-state index >= 15 is 0 Å². The van der Waals surface area contributed by atoms with Crippen LogP contribution >= 0.6 is 23.2 Å². The fourth-order valence-corrected chi connectivity index (χ4v) is 5.39. The van der Waals surface area contributed by atoms with Gasteiger partial charge in [0.2, 0.25) is 15.9 Å². The maximum Gasteiger partial charge on any atom is 0.245 e. The Hall–Kier alpha value is -0.820. The van der Waals surface area contributed by atoms with Gasteiger partial charge in [-0.1, -0.05) is 23.2 Å². The van der Waals surface area contributed by atoms with Crippen LogP contribution in [0.1, 0.15) is 24.0 Å². The predicted molar refractivity (Wildman–Crippen MR) is 82.0 cm³/mol. The average molecular weight is 351 g/mol. The Balaban J connectivity index is 2.63. The molecule has 1 fully saturated rings. The molecule has 0 spiro atoms. The molecule has 2 rings (SSSR count). The van der Waals surface area contributed by atoms with Crippen LogP contribution < -0.4 is 5.73 Å². The molecular formula is C13H16Cl2N2O3S. The van der Waals surface area contributed by atoms with E-state index in [2.05, 4.69) is 0 Å². The number of halogens is 2. The molecule has 1 aliphatic heterocycles. The maximum absolute atomic E-state index is 12.9. The molecule has 1 aliphatic rings. The number of nitrogens with two attached hydrogens (primary N) is 1. The molecule has 0 bridgehead atoms. The number of amides is 1. The largest absolute Gasteiger partial charge is 0.368 e. The first-order chi connectivity index (χ1) is 9.67. The van der Waals surface area contributed by atoms with Crippen molar-refractivity contribution in [3.8, 4) is 0 Å². The number of hydrogen-bond acceptors (Lipinski definition) is 3. The maximum atomic E-state index is 12.9. The SMILES string of the molecule is Cc1cc(Cl)c(C)c(S(=O)(=O)N2CCC[C@H]2C(N)=O)c1Cl. The van der Waals surface area contributed by atoms with E-state index < -0.39 is 22.0 Å². The van der Waals surface area contributed by atoms with Crippen LogP contribution in [0.5, 0.6) is 0 Å². The van der Waals surface area contributed by atoms with Crippen molar-refractivity contribution in [2.75, 3.05) is 6.54 Å². The summed E-state index contributed by atoms with van der Waals surface area (Å²) < 4.78 is 26.9. The van der Waals surface area contributed by atoms with Crippen molar-refractivity contribution in [1.29, 1.82) is 0 Å². The highest BCUT2D eigenvalue weighted by Crippen LogP contribution is 2.37. The molecule has 116 valence electrons. The van der Waals surface area contributed by atoms with Gasteiger partial charge in [-0.05, 0) is 43.9 Å². The minimum Gasteiger partial charge on any atom is -0.368 e. The highest BCUT2D eigenvalue weighted by Gasteiger charge is 2.40. The van der Waals surface area contributed by atoms with Gasteiger partial charge in [0.15, 0.2) is 0 Å². The number of sulfonamides is 1. The molecule has 0 radical (unpaired) electrons. The lowest BCUT2D eigenvalue weighted by atomic mass is 10.2. The second kappa shape index (κ2) is 5.76. The summed E-state index contributed by atoms with van der Waals surface area (Å²) in [6.07, 6.45) is 1.01. The zero-order chi connectivity index (χ0) is 15.9. The lowest BCUT2D eigenvalue weighted by Crippen LogP contribution is -2.43. The predicted octanol–water partition coefficient (Wildman–Crippen LogP) is 2.25. The Morgan fingerprint density at radius 1 is 1.38 bits per heavy atom. The third-order valence-corrected chi connectivity index (χ3v) is 6.76. The number of benzene rings is 1. The van der Waals surface area contributed by atoms with Crippen LogP contribution in [0.15, 0.2) is 11.0 Å². The lowest BCUT2D eigenvalue weighted by Gasteiger charge is -2.24. The van der Waals surface area contributed by atoms with Crippen molar-refractivity contribution < 1.29 is 13.2 Å². The zero-order valence-corrected chi connectivity index (χ0v) is 14.0. The van der Waals surface area contributed by atoms with Gasteiger partial charge in [-0.2, -0.15) is 4.31 Å². The summed E-state index contributed by atoms with van der Waals surface area (Å²) in [7, 11) is -3.92. The van der Waals surface area contributed by atoms with Crippen molar-refractivity contribution in [2.45, 2.75) is 37.6 Å². The first-order valence-corrected chi connectivity index (χ1v) is 8.64. The second-order valence-corrected chi connectivity index (χ2v) is 7.73. The smallest absolute Gasteiger partial charge is 0.245 e. The number of aryl methyl sites for hydroxylation is 1. The Labute approximate surface area is 134 Å². The number of rotatable bonds is 3. The van der Waals surface area contributed by atoms with Crippen molar-refractivity contribution in [2.24, 2.45) is 5.73 Å². The second-order valence-electron chi connectivity index (χ2n) is 5.12. The van der Waals surface area contributed by atoms with E-state index in [1.54, 1.807) is 19.9 Å². The van der Waals surface area contributed by atoms with E-state index in [0.717, 1.165) is 4.31 Å². The molecule has 1 atom stereocenters. The summed E-state index contributed by atoms with van der Waals surface area (Å²) >= 11 is 12.2. The highest BCUT2D eigenvalue weighted by molar-refractivity contribution is 7.89. The standard InChI is InChI=1S/C13H16Cl2N2O3S/c1-7-6-9(14)8(2)12(11(7)15)21(19,20)17-5-3-4-10(17)13(16)18/h6,10H,3-5H2,1-2H3,(H2,16,18)/t10-/m0/s1. The summed E-state index contributed by atoms with van der Waals surface area (Å²) in [5, 5.41) is 0.456. The Kier molecular flexibility index (Phi) is 4.54. The topological polar surface area (TPSA) is 80.5 Å². The molecule has 0 saturated carbocycles. The Morgan fingerprint density at radius 3 is 2.57 bits per heavy atom. The molecule has 0 aromatic heterocycles. The molecule has 5 nitrogen and oxygen atoms in total. The first kappa shape index (κ1) is 16.5. The average Bonchev–Trinajstić information content (AvgIpc) is 2.86. The van der Waals surface area contributed by atoms with Crippen LogP contribution in [0.3, 0.4) is 0 Å². The van der Waals surface area contributed by atoms with Crippen molar-refractivity contribution in [1.82, 2.24) is 4.31 Å². The molecule has 0 unspecified atom stereocenters. The van der Waals surface area contributed by atoms with Gasteiger partial charge in [0, 0.05) is 11.6 Å². The number of nitrogens with zero attached hydrogens (tertiary/aromatic N) is 1. The summed E-state index contributed by atoms with van der Waals surface area (Å²) in [4.78, 5) is 11.4. The summed E-state index contributed by atoms with van der Waals surface area (Å²) in [6.45, 7) is 3.52. The first-order valence-electron chi connectivity index (χ1n) is 6.44. The molecule has 1 aromatic rings. The van der Waals surface area contributed by atoms with E-state index in [1.165, 1.54) is 0 Å². The lowest BCUT2D eigenvalue weighted by molar-refractivity contribution is -0.121. The summed E-state index contributed by atoms with van der Waals surface area (Å²) in [5.74, 6) is -0.649. The van der Waals surface area contributed by atoms with E-state index in [0.29, 0.717) is 29.0 Å². The van der Waals surface area contributed by atoms with Gasteiger partial charge in [-0.15, -0.1) is 0 Å². The minimum atomic E-state index is -3.92. The van der Waals surface area contributed by atoms with E-state index in [4.69, 9.17) is 28.9 Å². The van der Waals surface area contributed by atoms with Gasteiger partial charge >= 0.3 is 0 Å². The van der Waals surface area contributed by atoms with E-state index in [1.807, 2.05) is 0 Å². The zero-order valence-electron chi connectivity index (χ0n) is 11.7. The van der Waals surface area contributed by atoms with E-state index in [9.17, 15) is 13.2 Å². The van der Waals surface area contributed by atoms with Crippen LogP contribution in [0, 0.1) is 13.8 Å². The van der Waals surface area contributed by atoms with Gasteiger partial charge in [0.1, 0.15) is 10.9 Å². The molecular weight excluding hydrogens is 335 g/mol. The molecule has 1 heterocycles. The molecule has 21 heavy (non-hydrogen) atoms. The molecule has 1 amide bonds. The van der Waals surface area contributed by atoms with Gasteiger partial charge in [-0.3, -0.25) is 4.79 Å². The number of primary amides is 1. The normalized spacial score (nSPS) is 19.9. The fourth-order valence-electron chi connectivity index (χ4n) is 2.55. The highest BCUT2D eigenvalue weighted by atomic mass is 35.5. The quantitative estimate of drug-likeness (QED) is 0.907. The van der Waals surface area contributed by atoms with Crippen LogP contribution in [-0.2, 0) is 14.8 Å². The summed E-state index contributed by atoms with van der Waals surface area (Å²) in [5.41, 5.74) is 6.24. The molecule has 1 saturated heterocycles. The van der Waals surface area contributed by atoms with Crippen molar-refractivity contribution >= 4 is 39.1 Å². The third-order valence-electron chi connectivity index (χ3n) is 3.69. The van der Waals surface area contributed by atoms with Crippen LogP contribution in [0.2, 0.25) is 10.0 Å².